The van der Waals surface area contributed by atoms with Crippen molar-refractivity contribution in [1.82, 2.24) is 25.0 Å². The summed E-state index contributed by atoms with van der Waals surface area (Å²) in [5, 5.41) is 13.0. The van der Waals surface area contributed by atoms with Gasteiger partial charge in [0, 0.05) is 36.1 Å². The summed E-state index contributed by atoms with van der Waals surface area (Å²) in [5.41, 5.74) is 1.08. The average Bonchev–Trinajstić information content (AvgIpc) is 3.08. The molecule has 1 aromatic carbocycles. The average molecular weight is 362 g/mol. The maximum absolute atomic E-state index is 6.38. The molecule has 1 aromatic heterocycles. The summed E-state index contributed by atoms with van der Waals surface area (Å²) >= 11 is 6.38. The van der Waals surface area contributed by atoms with Crippen molar-refractivity contribution in [1.29, 1.82) is 0 Å². The summed E-state index contributed by atoms with van der Waals surface area (Å²) < 4.78 is 7.78. The predicted molar refractivity (Wildman–Crippen MR) is 97.0 cm³/mol. The van der Waals surface area contributed by atoms with E-state index in [2.05, 4.69) is 25.0 Å². The van der Waals surface area contributed by atoms with Crippen LogP contribution in [0.4, 0.5) is 0 Å². The largest absolute Gasteiger partial charge is 0.496 e. The Balaban J connectivity index is 1.42. The summed E-state index contributed by atoms with van der Waals surface area (Å²) in [6, 6.07) is 5.84. The molecule has 0 unspecified atom stereocenters. The SMILES string of the molecule is COc1cccc(Cl)c1CN1CCC(c2nnc3n2CCNC3)CC1. The van der Waals surface area contributed by atoms with E-state index in [0.717, 1.165) is 74.3 Å². The van der Waals surface area contributed by atoms with Crippen molar-refractivity contribution < 1.29 is 4.74 Å². The molecule has 7 heteroatoms. The zero-order valence-electron chi connectivity index (χ0n) is 14.5. The molecule has 0 saturated carbocycles. The van der Waals surface area contributed by atoms with Gasteiger partial charge in [0.1, 0.15) is 17.4 Å². The first-order chi connectivity index (χ1) is 12.3. The van der Waals surface area contributed by atoms with Crippen LogP contribution in [0, 0.1) is 0 Å². The van der Waals surface area contributed by atoms with E-state index in [1.54, 1.807) is 7.11 Å². The quantitative estimate of drug-likeness (QED) is 0.906. The van der Waals surface area contributed by atoms with Crippen LogP contribution < -0.4 is 10.1 Å². The Morgan fingerprint density at radius 1 is 1.24 bits per heavy atom. The molecule has 2 aliphatic rings. The van der Waals surface area contributed by atoms with Gasteiger partial charge in [0.25, 0.3) is 0 Å². The van der Waals surface area contributed by atoms with Crippen LogP contribution >= 0.6 is 11.6 Å². The highest BCUT2D eigenvalue weighted by Gasteiger charge is 2.27. The summed E-state index contributed by atoms with van der Waals surface area (Å²) in [4.78, 5) is 2.45. The lowest BCUT2D eigenvalue weighted by molar-refractivity contribution is 0.197. The van der Waals surface area contributed by atoms with E-state index >= 15 is 0 Å². The van der Waals surface area contributed by atoms with E-state index in [1.807, 2.05) is 18.2 Å². The Kier molecular flexibility index (Phi) is 4.92. The summed E-state index contributed by atoms with van der Waals surface area (Å²) in [6.07, 6.45) is 2.22. The highest BCUT2D eigenvalue weighted by atomic mass is 35.5. The molecule has 4 rings (SSSR count). The smallest absolute Gasteiger partial charge is 0.147 e. The van der Waals surface area contributed by atoms with Crippen molar-refractivity contribution in [2.24, 2.45) is 0 Å². The summed E-state index contributed by atoms with van der Waals surface area (Å²) in [6.45, 7) is 5.73. The first-order valence-corrected chi connectivity index (χ1v) is 9.30. The number of fused-ring (bicyclic) bond motifs is 1. The van der Waals surface area contributed by atoms with Gasteiger partial charge >= 0.3 is 0 Å². The first kappa shape index (κ1) is 16.8. The molecular weight excluding hydrogens is 338 g/mol. The van der Waals surface area contributed by atoms with E-state index < -0.39 is 0 Å². The number of hydrogen-bond acceptors (Lipinski definition) is 5. The molecular formula is C18H24ClN5O. The monoisotopic (exact) mass is 361 g/mol. The highest BCUT2D eigenvalue weighted by Crippen LogP contribution is 2.32. The molecule has 0 amide bonds. The minimum atomic E-state index is 0.503. The molecule has 0 radical (unpaired) electrons. The molecule has 25 heavy (non-hydrogen) atoms. The number of rotatable bonds is 4. The van der Waals surface area contributed by atoms with Gasteiger partial charge in [-0.05, 0) is 38.1 Å². The third-order valence-electron chi connectivity index (χ3n) is 5.28. The van der Waals surface area contributed by atoms with Crippen molar-refractivity contribution >= 4 is 11.6 Å². The fraction of sp³-hybridized carbons (Fsp3) is 0.556. The molecule has 2 aromatic rings. The Morgan fingerprint density at radius 2 is 2.08 bits per heavy atom. The summed E-state index contributed by atoms with van der Waals surface area (Å²) in [7, 11) is 1.70. The minimum Gasteiger partial charge on any atom is -0.496 e. The number of aromatic nitrogens is 3. The Labute approximate surface area is 153 Å². The van der Waals surface area contributed by atoms with Gasteiger partial charge in [0.05, 0.1) is 13.7 Å². The number of halogens is 1. The molecule has 2 aliphatic heterocycles. The molecule has 0 aliphatic carbocycles. The van der Waals surface area contributed by atoms with Gasteiger partial charge in [-0.2, -0.15) is 0 Å². The maximum atomic E-state index is 6.38. The van der Waals surface area contributed by atoms with Crippen LogP contribution in [0.25, 0.3) is 0 Å². The topological polar surface area (TPSA) is 55.2 Å². The van der Waals surface area contributed by atoms with Crippen molar-refractivity contribution in [3.05, 3.63) is 40.4 Å². The van der Waals surface area contributed by atoms with Crippen LogP contribution in [0.5, 0.6) is 5.75 Å². The number of ether oxygens (including phenoxy) is 1. The molecule has 0 atom stereocenters. The molecule has 0 bridgehead atoms. The van der Waals surface area contributed by atoms with Gasteiger partial charge in [-0.25, -0.2) is 0 Å². The first-order valence-electron chi connectivity index (χ1n) is 8.92. The predicted octanol–water partition coefficient (Wildman–Crippen LogP) is 2.42. The molecule has 0 spiro atoms. The zero-order chi connectivity index (χ0) is 17.2. The van der Waals surface area contributed by atoms with E-state index in [4.69, 9.17) is 16.3 Å². The second kappa shape index (κ2) is 7.32. The van der Waals surface area contributed by atoms with Crippen LogP contribution in [0.15, 0.2) is 18.2 Å². The third kappa shape index (κ3) is 3.38. The number of nitrogens with one attached hydrogen (secondary N) is 1. The van der Waals surface area contributed by atoms with Crippen LogP contribution in [-0.2, 0) is 19.6 Å². The van der Waals surface area contributed by atoms with Crippen molar-refractivity contribution in [3.63, 3.8) is 0 Å². The Morgan fingerprint density at radius 3 is 2.88 bits per heavy atom. The number of hydrogen-bond donors (Lipinski definition) is 1. The van der Waals surface area contributed by atoms with E-state index in [1.165, 1.54) is 5.82 Å². The van der Waals surface area contributed by atoms with E-state index in [9.17, 15) is 0 Å². The van der Waals surface area contributed by atoms with Crippen molar-refractivity contribution in [2.45, 2.75) is 38.4 Å². The van der Waals surface area contributed by atoms with Gasteiger partial charge in [0.15, 0.2) is 0 Å². The van der Waals surface area contributed by atoms with Gasteiger partial charge in [-0.3, -0.25) is 4.90 Å². The fourth-order valence-electron chi connectivity index (χ4n) is 3.87. The Bertz CT molecular complexity index is 739. The Hall–Kier alpha value is -1.63. The number of benzene rings is 1. The number of methoxy groups -OCH3 is 1. The zero-order valence-corrected chi connectivity index (χ0v) is 15.3. The van der Waals surface area contributed by atoms with Crippen LogP contribution in [-0.4, -0.2) is 46.4 Å². The number of nitrogens with zero attached hydrogens (tertiary/aromatic N) is 4. The fourth-order valence-corrected chi connectivity index (χ4v) is 4.10. The van der Waals surface area contributed by atoms with E-state index in [-0.39, 0.29) is 0 Å². The van der Waals surface area contributed by atoms with Gasteiger partial charge < -0.3 is 14.6 Å². The van der Waals surface area contributed by atoms with Gasteiger partial charge in [0.2, 0.25) is 0 Å². The lowest BCUT2D eigenvalue weighted by Crippen LogP contribution is -2.35. The molecule has 1 N–H and O–H groups in total. The van der Waals surface area contributed by atoms with Gasteiger partial charge in [-0.15, -0.1) is 10.2 Å². The second-order valence-corrected chi connectivity index (χ2v) is 7.18. The minimum absolute atomic E-state index is 0.503. The van der Waals surface area contributed by atoms with E-state index in [0.29, 0.717) is 5.92 Å². The molecule has 1 fully saturated rings. The number of likely N-dealkylation sites (tertiary alicyclic amines) is 1. The molecule has 134 valence electrons. The highest BCUT2D eigenvalue weighted by molar-refractivity contribution is 6.31. The lowest BCUT2D eigenvalue weighted by Gasteiger charge is -2.32. The molecule has 1 saturated heterocycles. The molecule has 6 nitrogen and oxygen atoms in total. The van der Waals surface area contributed by atoms with Crippen LogP contribution in [0.3, 0.4) is 0 Å². The van der Waals surface area contributed by atoms with Crippen molar-refractivity contribution in [3.8, 4) is 5.75 Å². The molecule has 3 heterocycles. The van der Waals surface area contributed by atoms with Crippen molar-refractivity contribution in [2.75, 3.05) is 26.7 Å². The standard InChI is InChI=1S/C18H24ClN5O/c1-25-16-4-2-3-15(19)14(16)12-23-8-5-13(6-9-23)18-22-21-17-11-20-7-10-24(17)18/h2-4,13,20H,5-12H2,1H3. The van der Waals surface area contributed by atoms with Crippen LogP contribution in [0.2, 0.25) is 5.02 Å². The van der Waals surface area contributed by atoms with Crippen LogP contribution in [0.1, 0.15) is 36.0 Å². The second-order valence-electron chi connectivity index (χ2n) is 6.77. The summed E-state index contributed by atoms with van der Waals surface area (Å²) in [5.74, 6) is 3.62. The van der Waals surface area contributed by atoms with Gasteiger partial charge in [-0.1, -0.05) is 17.7 Å². The normalized spacial score (nSPS) is 19.0. The maximum Gasteiger partial charge on any atom is 0.147 e. The lowest BCUT2D eigenvalue weighted by atomic mass is 9.95. The number of piperidine rings is 1. The third-order valence-corrected chi connectivity index (χ3v) is 5.64.